The predicted octanol–water partition coefficient (Wildman–Crippen LogP) is 2.69. The molecule has 1 aromatic heterocycles. The lowest BCUT2D eigenvalue weighted by molar-refractivity contribution is -0.127. The Labute approximate surface area is 129 Å². The van der Waals surface area contributed by atoms with E-state index in [0.717, 1.165) is 5.56 Å². The highest BCUT2D eigenvalue weighted by Gasteiger charge is 2.27. The molecule has 0 amide bonds. The van der Waals surface area contributed by atoms with Gasteiger partial charge in [-0.3, -0.25) is 0 Å². The van der Waals surface area contributed by atoms with Gasteiger partial charge in [0.1, 0.15) is 0 Å². The molecule has 0 saturated heterocycles. The van der Waals surface area contributed by atoms with Crippen molar-refractivity contribution in [2.45, 2.75) is 19.5 Å². The van der Waals surface area contributed by atoms with Crippen molar-refractivity contribution < 1.29 is 9.57 Å². The second kappa shape index (κ2) is 6.07. The molecule has 2 heterocycles. The van der Waals surface area contributed by atoms with Gasteiger partial charge in [-0.15, -0.1) is 5.06 Å². The van der Waals surface area contributed by atoms with Crippen LogP contribution in [0.2, 0.25) is 0 Å². The van der Waals surface area contributed by atoms with E-state index < -0.39 is 0 Å². The Morgan fingerprint density at radius 2 is 2.00 bits per heavy atom. The molecule has 1 aliphatic heterocycles. The number of rotatable bonds is 4. The molecule has 0 aliphatic carbocycles. The summed E-state index contributed by atoms with van der Waals surface area (Å²) in [5, 5.41) is 1.85. The highest BCUT2D eigenvalue weighted by atomic mass is 16.7. The Kier molecular flexibility index (Phi) is 3.98. The molecule has 1 atom stereocenters. The van der Waals surface area contributed by atoms with E-state index >= 15 is 0 Å². The first-order valence-electron chi connectivity index (χ1n) is 7.13. The summed E-state index contributed by atoms with van der Waals surface area (Å²) in [6.45, 7) is 2.72. The number of pyridine rings is 1. The predicted molar refractivity (Wildman–Crippen MR) is 83.6 cm³/mol. The van der Waals surface area contributed by atoms with E-state index in [0.29, 0.717) is 18.3 Å². The molecule has 0 saturated carbocycles. The Bertz CT molecular complexity index is 665. The third-order valence-corrected chi connectivity index (χ3v) is 3.62. The van der Waals surface area contributed by atoms with E-state index in [1.54, 1.807) is 13.3 Å². The fraction of sp³-hybridized carbons (Fsp3) is 0.235. The van der Waals surface area contributed by atoms with Crippen molar-refractivity contribution in [2.75, 3.05) is 7.11 Å². The van der Waals surface area contributed by atoms with Gasteiger partial charge in [0.2, 0.25) is 11.8 Å². The largest absolute Gasteiger partial charge is 0.481 e. The molecule has 114 valence electrons. The molecule has 0 spiro atoms. The zero-order valence-electron chi connectivity index (χ0n) is 12.7. The fourth-order valence-electron chi connectivity index (χ4n) is 2.42. The van der Waals surface area contributed by atoms with Crippen LogP contribution in [0.15, 0.2) is 54.6 Å². The first-order chi connectivity index (χ1) is 10.7. The standard InChI is InChI=1S/C17H19N3O2/c1-12-3-5-13(6-4-12)11-20-15(9-16(18)22-20)14-7-8-17(21-2)19-10-14/h3-10,15H,11,18H2,1-2H3. The molecule has 1 aliphatic rings. The Morgan fingerprint density at radius 1 is 1.23 bits per heavy atom. The number of methoxy groups -OCH3 is 1. The number of hydrogen-bond acceptors (Lipinski definition) is 5. The number of ether oxygens (including phenoxy) is 1. The molecule has 3 rings (SSSR count). The second-order valence-electron chi connectivity index (χ2n) is 5.30. The second-order valence-corrected chi connectivity index (χ2v) is 5.30. The summed E-state index contributed by atoms with van der Waals surface area (Å²) in [5.74, 6) is 0.998. The number of benzene rings is 1. The zero-order valence-corrected chi connectivity index (χ0v) is 12.7. The molecule has 0 bridgehead atoms. The van der Waals surface area contributed by atoms with Crippen LogP contribution in [0.25, 0.3) is 0 Å². The van der Waals surface area contributed by atoms with Gasteiger partial charge in [-0.25, -0.2) is 4.98 Å². The Hall–Kier alpha value is -2.53. The normalized spacial score (nSPS) is 17.9. The van der Waals surface area contributed by atoms with E-state index in [1.165, 1.54) is 11.1 Å². The first kappa shape index (κ1) is 14.4. The van der Waals surface area contributed by atoms with Crippen molar-refractivity contribution in [1.82, 2.24) is 10.0 Å². The SMILES string of the molecule is COc1ccc(C2C=C(N)ON2Cc2ccc(C)cc2)cn1. The first-order valence-corrected chi connectivity index (χ1v) is 7.13. The summed E-state index contributed by atoms with van der Waals surface area (Å²) in [7, 11) is 1.60. The third-order valence-electron chi connectivity index (χ3n) is 3.62. The Morgan fingerprint density at radius 3 is 2.64 bits per heavy atom. The van der Waals surface area contributed by atoms with E-state index in [2.05, 4.69) is 36.2 Å². The summed E-state index contributed by atoms with van der Waals surface area (Å²) >= 11 is 0. The van der Waals surface area contributed by atoms with Gasteiger partial charge in [0, 0.05) is 18.3 Å². The van der Waals surface area contributed by atoms with Crippen LogP contribution in [0.1, 0.15) is 22.7 Å². The average molecular weight is 297 g/mol. The van der Waals surface area contributed by atoms with E-state index in [-0.39, 0.29) is 6.04 Å². The summed E-state index contributed by atoms with van der Waals surface area (Å²) in [6, 6.07) is 12.1. The van der Waals surface area contributed by atoms with Crippen LogP contribution in [0.5, 0.6) is 5.88 Å². The van der Waals surface area contributed by atoms with E-state index in [9.17, 15) is 0 Å². The maximum atomic E-state index is 5.84. The lowest BCUT2D eigenvalue weighted by Gasteiger charge is -2.22. The van der Waals surface area contributed by atoms with Crippen molar-refractivity contribution in [3.05, 3.63) is 71.2 Å². The van der Waals surface area contributed by atoms with Crippen molar-refractivity contribution >= 4 is 0 Å². The molecular weight excluding hydrogens is 278 g/mol. The average Bonchev–Trinajstić information content (AvgIpc) is 2.90. The maximum Gasteiger partial charge on any atom is 0.212 e. The number of hydroxylamine groups is 2. The van der Waals surface area contributed by atoms with Crippen molar-refractivity contribution in [1.29, 1.82) is 0 Å². The van der Waals surface area contributed by atoms with Gasteiger partial charge in [-0.2, -0.15) is 0 Å². The maximum absolute atomic E-state index is 5.84. The molecule has 0 fully saturated rings. The minimum absolute atomic E-state index is 0.0558. The summed E-state index contributed by atoms with van der Waals surface area (Å²) < 4.78 is 5.09. The quantitative estimate of drug-likeness (QED) is 0.940. The van der Waals surface area contributed by atoms with Crippen molar-refractivity contribution in [3.63, 3.8) is 0 Å². The van der Waals surface area contributed by atoms with E-state index in [4.69, 9.17) is 15.3 Å². The number of nitrogens with zero attached hydrogens (tertiary/aromatic N) is 2. The minimum Gasteiger partial charge on any atom is -0.481 e. The van der Waals surface area contributed by atoms with Crippen LogP contribution in [0.3, 0.4) is 0 Å². The summed E-state index contributed by atoms with van der Waals surface area (Å²) in [5.41, 5.74) is 9.25. The summed E-state index contributed by atoms with van der Waals surface area (Å²) in [6.07, 6.45) is 3.67. The van der Waals surface area contributed by atoms with Crippen molar-refractivity contribution in [3.8, 4) is 5.88 Å². The number of aryl methyl sites for hydroxylation is 1. The van der Waals surface area contributed by atoms with Gasteiger partial charge in [0.25, 0.3) is 0 Å². The zero-order chi connectivity index (χ0) is 15.5. The highest BCUT2D eigenvalue weighted by molar-refractivity contribution is 5.27. The fourth-order valence-corrected chi connectivity index (χ4v) is 2.42. The molecule has 1 aromatic carbocycles. The van der Waals surface area contributed by atoms with Crippen LogP contribution in [-0.4, -0.2) is 17.2 Å². The lowest BCUT2D eigenvalue weighted by atomic mass is 10.1. The molecule has 0 radical (unpaired) electrons. The molecule has 2 N–H and O–H groups in total. The molecule has 5 nitrogen and oxygen atoms in total. The van der Waals surface area contributed by atoms with Gasteiger partial charge < -0.3 is 15.3 Å². The van der Waals surface area contributed by atoms with Crippen LogP contribution in [-0.2, 0) is 11.4 Å². The minimum atomic E-state index is -0.0558. The monoisotopic (exact) mass is 297 g/mol. The third kappa shape index (κ3) is 3.04. The number of hydrogen-bond donors (Lipinski definition) is 1. The van der Waals surface area contributed by atoms with Crippen LogP contribution < -0.4 is 10.5 Å². The molecule has 22 heavy (non-hydrogen) atoms. The van der Waals surface area contributed by atoms with Gasteiger partial charge in [-0.1, -0.05) is 35.9 Å². The Balaban J connectivity index is 1.79. The number of nitrogens with two attached hydrogens (primary N) is 1. The highest BCUT2D eigenvalue weighted by Crippen LogP contribution is 2.31. The molecular formula is C17H19N3O2. The van der Waals surface area contributed by atoms with Crippen LogP contribution in [0.4, 0.5) is 0 Å². The topological polar surface area (TPSA) is 60.6 Å². The lowest BCUT2D eigenvalue weighted by Crippen LogP contribution is -2.23. The van der Waals surface area contributed by atoms with Gasteiger partial charge >= 0.3 is 0 Å². The van der Waals surface area contributed by atoms with E-state index in [1.807, 2.05) is 23.3 Å². The van der Waals surface area contributed by atoms with Crippen LogP contribution >= 0.6 is 0 Å². The molecule has 5 heteroatoms. The number of aromatic nitrogens is 1. The molecule has 2 aromatic rings. The van der Waals surface area contributed by atoms with Gasteiger partial charge in [0.15, 0.2) is 0 Å². The van der Waals surface area contributed by atoms with Gasteiger partial charge in [0.05, 0.1) is 19.7 Å². The molecule has 1 unspecified atom stereocenters. The van der Waals surface area contributed by atoms with Crippen molar-refractivity contribution in [2.24, 2.45) is 5.73 Å². The smallest absolute Gasteiger partial charge is 0.212 e. The van der Waals surface area contributed by atoms with Crippen LogP contribution in [0, 0.1) is 6.92 Å². The van der Waals surface area contributed by atoms with Gasteiger partial charge in [-0.05, 0) is 18.1 Å². The summed E-state index contributed by atoms with van der Waals surface area (Å²) in [4.78, 5) is 9.88.